The van der Waals surface area contributed by atoms with Gasteiger partial charge in [-0.25, -0.2) is 0 Å². The predicted molar refractivity (Wildman–Crippen MR) is 76.0 cm³/mol. The van der Waals surface area contributed by atoms with Gasteiger partial charge in [0.25, 0.3) is 0 Å². The Hall–Kier alpha value is -1.80. The number of benzene rings is 2. The fraction of sp³-hybridized carbons (Fsp3) is 0.133. The van der Waals surface area contributed by atoms with Crippen molar-refractivity contribution in [1.29, 1.82) is 0 Å². The summed E-state index contributed by atoms with van der Waals surface area (Å²) in [5, 5.41) is 0.483. The van der Waals surface area contributed by atoms with Crippen LogP contribution >= 0.6 is 11.6 Å². The van der Waals surface area contributed by atoms with Crippen LogP contribution in [-0.2, 0) is 0 Å². The monoisotopic (exact) mass is 259 g/mol. The number of carbonyl (C=O) groups excluding carboxylic acids is 1. The zero-order chi connectivity index (χ0) is 13.0. The van der Waals surface area contributed by atoms with Crippen LogP contribution < -0.4 is 4.90 Å². The van der Waals surface area contributed by atoms with Crippen LogP contribution in [0.1, 0.15) is 17.3 Å². The molecule has 0 unspecified atom stereocenters. The average Bonchev–Trinajstić information content (AvgIpc) is 2.41. The first-order chi connectivity index (χ1) is 8.76. The summed E-state index contributed by atoms with van der Waals surface area (Å²) in [4.78, 5) is 12.9. The van der Waals surface area contributed by atoms with E-state index in [4.69, 9.17) is 11.6 Å². The highest BCUT2D eigenvalue weighted by molar-refractivity contribution is 6.33. The van der Waals surface area contributed by atoms with Crippen molar-refractivity contribution in [2.45, 2.75) is 6.92 Å². The van der Waals surface area contributed by atoms with E-state index in [9.17, 15) is 4.79 Å². The van der Waals surface area contributed by atoms with E-state index in [0.717, 1.165) is 24.2 Å². The number of nitrogens with zero attached hydrogens (tertiary/aromatic N) is 1. The molecular formula is C15H14ClNO. The smallest absolute Gasteiger partial charge is 0.151 e. The number of anilines is 2. The quantitative estimate of drug-likeness (QED) is 0.763. The van der Waals surface area contributed by atoms with Crippen LogP contribution in [0.15, 0.2) is 48.5 Å². The molecule has 0 aliphatic carbocycles. The summed E-state index contributed by atoms with van der Waals surface area (Å²) in [6.07, 6.45) is 0.769. The van der Waals surface area contributed by atoms with Crippen molar-refractivity contribution in [2.24, 2.45) is 0 Å². The molecule has 0 saturated heterocycles. The lowest BCUT2D eigenvalue weighted by Gasteiger charge is -2.23. The number of para-hydroxylation sites is 1. The Morgan fingerprint density at radius 2 is 1.83 bits per heavy atom. The molecule has 0 aliphatic rings. The van der Waals surface area contributed by atoms with Gasteiger partial charge in [0, 0.05) is 23.5 Å². The summed E-state index contributed by atoms with van der Waals surface area (Å²) in [6, 6.07) is 15.6. The van der Waals surface area contributed by atoms with Crippen molar-refractivity contribution >= 4 is 29.3 Å². The predicted octanol–water partition coefficient (Wildman–Crippen LogP) is 4.31. The average molecular weight is 260 g/mol. The molecule has 2 aromatic rings. The summed E-state index contributed by atoms with van der Waals surface area (Å²) < 4.78 is 0. The van der Waals surface area contributed by atoms with Crippen LogP contribution in [0.25, 0.3) is 0 Å². The second-order valence-corrected chi connectivity index (χ2v) is 4.31. The highest BCUT2D eigenvalue weighted by Gasteiger charge is 2.08. The maximum Gasteiger partial charge on any atom is 0.151 e. The van der Waals surface area contributed by atoms with Gasteiger partial charge in [-0.05, 0) is 37.3 Å². The molecule has 92 valence electrons. The first-order valence-corrected chi connectivity index (χ1v) is 6.21. The van der Waals surface area contributed by atoms with Crippen molar-refractivity contribution in [3.05, 3.63) is 59.1 Å². The normalized spacial score (nSPS) is 10.1. The molecule has 0 aromatic heterocycles. The third-order valence-electron chi connectivity index (χ3n) is 2.81. The van der Waals surface area contributed by atoms with E-state index in [0.29, 0.717) is 10.6 Å². The zero-order valence-corrected chi connectivity index (χ0v) is 10.9. The Balaban J connectivity index is 2.40. The minimum Gasteiger partial charge on any atom is -0.342 e. The highest BCUT2D eigenvalue weighted by atomic mass is 35.5. The molecule has 2 aromatic carbocycles. The molecular weight excluding hydrogens is 246 g/mol. The summed E-state index contributed by atoms with van der Waals surface area (Å²) in [7, 11) is 0. The number of halogens is 1. The van der Waals surface area contributed by atoms with Gasteiger partial charge in [-0.15, -0.1) is 0 Å². The van der Waals surface area contributed by atoms with Gasteiger partial charge in [0.1, 0.15) is 0 Å². The molecule has 3 heteroatoms. The first-order valence-electron chi connectivity index (χ1n) is 5.83. The van der Waals surface area contributed by atoms with Crippen LogP contribution in [0.3, 0.4) is 0 Å². The minimum atomic E-state index is 0.483. The number of aldehydes is 1. The maximum absolute atomic E-state index is 10.7. The summed E-state index contributed by atoms with van der Waals surface area (Å²) in [5.41, 5.74) is 2.61. The molecule has 0 N–H and O–H groups in total. The molecule has 2 nitrogen and oxygen atoms in total. The lowest BCUT2D eigenvalue weighted by molar-refractivity contribution is 0.112. The van der Waals surface area contributed by atoms with Crippen molar-refractivity contribution in [1.82, 2.24) is 0 Å². The molecule has 0 aliphatic heterocycles. The van der Waals surface area contributed by atoms with Gasteiger partial charge in [0.15, 0.2) is 6.29 Å². The summed E-state index contributed by atoms with van der Waals surface area (Å²) in [5.74, 6) is 0. The highest BCUT2D eigenvalue weighted by Crippen LogP contribution is 2.28. The molecule has 0 heterocycles. The van der Waals surface area contributed by atoms with Crippen LogP contribution in [0.2, 0.25) is 5.02 Å². The van der Waals surface area contributed by atoms with Crippen LogP contribution in [0.5, 0.6) is 0 Å². The molecule has 0 bridgehead atoms. The lowest BCUT2D eigenvalue weighted by Crippen LogP contribution is -2.15. The van der Waals surface area contributed by atoms with Gasteiger partial charge in [-0.3, -0.25) is 4.79 Å². The zero-order valence-electron chi connectivity index (χ0n) is 10.1. The minimum absolute atomic E-state index is 0.483. The Morgan fingerprint density at radius 1 is 1.11 bits per heavy atom. The van der Waals surface area contributed by atoms with Gasteiger partial charge < -0.3 is 4.90 Å². The molecule has 0 saturated carbocycles. The molecule has 0 fully saturated rings. The lowest BCUT2D eigenvalue weighted by atomic mass is 10.2. The molecule has 0 atom stereocenters. The Bertz CT molecular complexity index is 539. The fourth-order valence-electron chi connectivity index (χ4n) is 1.90. The van der Waals surface area contributed by atoms with Gasteiger partial charge >= 0.3 is 0 Å². The third kappa shape index (κ3) is 2.54. The number of hydrogen-bond acceptors (Lipinski definition) is 2. The Labute approximate surface area is 112 Å². The second kappa shape index (κ2) is 5.69. The fourth-order valence-corrected chi connectivity index (χ4v) is 2.12. The van der Waals surface area contributed by atoms with E-state index in [2.05, 4.69) is 11.8 Å². The third-order valence-corrected chi connectivity index (χ3v) is 3.13. The van der Waals surface area contributed by atoms with Gasteiger partial charge in [0.05, 0.1) is 5.02 Å². The van der Waals surface area contributed by atoms with E-state index in [1.165, 1.54) is 0 Å². The number of rotatable bonds is 4. The molecule has 0 amide bonds. The van der Waals surface area contributed by atoms with Crippen molar-refractivity contribution < 1.29 is 4.79 Å². The molecule has 18 heavy (non-hydrogen) atoms. The van der Waals surface area contributed by atoms with Crippen LogP contribution in [0, 0.1) is 0 Å². The van der Waals surface area contributed by atoms with Crippen LogP contribution in [0.4, 0.5) is 11.4 Å². The maximum atomic E-state index is 10.7. The van der Waals surface area contributed by atoms with Gasteiger partial charge in [0.2, 0.25) is 0 Å². The standard InChI is InChI=1S/C15H14ClNO/c1-2-17(13-6-4-3-5-7-13)14-9-8-12(11-18)15(16)10-14/h3-11H,2H2,1H3. The number of carbonyl (C=O) groups is 1. The molecule has 2 rings (SSSR count). The van der Waals surface area contributed by atoms with Crippen molar-refractivity contribution in [3.8, 4) is 0 Å². The van der Waals surface area contributed by atoms with Crippen LogP contribution in [-0.4, -0.2) is 12.8 Å². The van der Waals surface area contributed by atoms with E-state index in [1.54, 1.807) is 6.07 Å². The summed E-state index contributed by atoms with van der Waals surface area (Å²) in [6.45, 7) is 2.91. The van der Waals surface area contributed by atoms with E-state index >= 15 is 0 Å². The second-order valence-electron chi connectivity index (χ2n) is 3.90. The van der Waals surface area contributed by atoms with E-state index in [-0.39, 0.29) is 0 Å². The molecule has 0 spiro atoms. The van der Waals surface area contributed by atoms with Gasteiger partial charge in [-0.1, -0.05) is 29.8 Å². The Kier molecular flexibility index (Phi) is 4.00. The van der Waals surface area contributed by atoms with Crippen molar-refractivity contribution in [2.75, 3.05) is 11.4 Å². The SMILES string of the molecule is CCN(c1ccccc1)c1ccc(C=O)c(Cl)c1. The summed E-state index contributed by atoms with van der Waals surface area (Å²) >= 11 is 6.06. The Morgan fingerprint density at radius 3 is 2.39 bits per heavy atom. The van der Waals surface area contributed by atoms with E-state index in [1.807, 2.05) is 42.5 Å². The molecule has 0 radical (unpaired) electrons. The number of hydrogen-bond donors (Lipinski definition) is 0. The largest absolute Gasteiger partial charge is 0.342 e. The van der Waals surface area contributed by atoms with E-state index < -0.39 is 0 Å². The first kappa shape index (κ1) is 12.7. The van der Waals surface area contributed by atoms with Crippen molar-refractivity contribution in [3.63, 3.8) is 0 Å². The topological polar surface area (TPSA) is 20.3 Å². The van der Waals surface area contributed by atoms with Gasteiger partial charge in [-0.2, -0.15) is 0 Å².